The summed E-state index contributed by atoms with van der Waals surface area (Å²) in [4.78, 5) is 17.4. The van der Waals surface area contributed by atoms with E-state index in [0.29, 0.717) is 17.2 Å². The van der Waals surface area contributed by atoms with Crippen LogP contribution in [-0.4, -0.2) is 54.1 Å². The monoisotopic (exact) mass is 293 g/mol. The highest BCUT2D eigenvalue weighted by atomic mass is 16.2. The number of rotatable bonds is 4. The molecule has 3 fully saturated rings. The first-order chi connectivity index (χ1) is 9.84. The number of nitrogens with one attached hydrogen (secondary N) is 1. The van der Waals surface area contributed by atoms with E-state index in [9.17, 15) is 4.79 Å². The quantitative estimate of drug-likeness (QED) is 0.862. The van der Waals surface area contributed by atoms with Crippen LogP contribution in [0.1, 0.15) is 52.9 Å². The Morgan fingerprint density at radius 3 is 2.38 bits per heavy atom. The van der Waals surface area contributed by atoms with Crippen molar-refractivity contribution in [3.05, 3.63) is 0 Å². The van der Waals surface area contributed by atoms with Crippen molar-refractivity contribution in [2.24, 2.45) is 11.3 Å². The molecule has 1 unspecified atom stereocenters. The molecule has 2 saturated heterocycles. The van der Waals surface area contributed by atoms with Crippen LogP contribution in [0.2, 0.25) is 0 Å². The molecule has 1 amide bonds. The normalized spacial score (nSPS) is 31.4. The summed E-state index contributed by atoms with van der Waals surface area (Å²) in [5.74, 6) is 1.00. The van der Waals surface area contributed by atoms with Gasteiger partial charge in [-0.2, -0.15) is 0 Å². The molecule has 0 radical (unpaired) electrons. The zero-order chi connectivity index (χ0) is 15.3. The Morgan fingerprint density at radius 2 is 1.86 bits per heavy atom. The molecule has 0 aromatic rings. The second kappa shape index (κ2) is 5.24. The lowest BCUT2D eigenvalue weighted by atomic mass is 9.80. The topological polar surface area (TPSA) is 35.6 Å². The molecule has 1 aliphatic carbocycles. The van der Waals surface area contributed by atoms with Crippen molar-refractivity contribution in [2.75, 3.05) is 26.7 Å². The Hall–Kier alpha value is -0.610. The molecular weight excluding hydrogens is 262 g/mol. The number of carbonyl (C=O) groups excluding carboxylic acids is 1. The smallest absolute Gasteiger partial charge is 0.244 e. The average molecular weight is 293 g/mol. The molecule has 2 aliphatic heterocycles. The van der Waals surface area contributed by atoms with Crippen LogP contribution in [0.15, 0.2) is 0 Å². The van der Waals surface area contributed by atoms with Crippen molar-refractivity contribution in [1.82, 2.24) is 15.1 Å². The minimum Gasteiger partial charge on any atom is -0.325 e. The van der Waals surface area contributed by atoms with Crippen LogP contribution in [0, 0.1) is 11.3 Å². The fraction of sp³-hybridized carbons (Fsp3) is 0.941. The molecule has 1 saturated carbocycles. The number of likely N-dealkylation sites (tertiary alicyclic amines) is 1. The first-order valence-corrected chi connectivity index (χ1v) is 8.61. The summed E-state index contributed by atoms with van der Waals surface area (Å²) in [5.41, 5.74) is 0.126. The maximum absolute atomic E-state index is 12.8. The van der Waals surface area contributed by atoms with Crippen molar-refractivity contribution in [1.29, 1.82) is 0 Å². The van der Waals surface area contributed by atoms with Gasteiger partial charge in [-0.15, -0.1) is 0 Å². The van der Waals surface area contributed by atoms with E-state index in [-0.39, 0.29) is 11.7 Å². The maximum Gasteiger partial charge on any atom is 0.244 e. The second-order valence-electron chi connectivity index (χ2n) is 8.42. The van der Waals surface area contributed by atoms with Gasteiger partial charge in [0, 0.05) is 6.54 Å². The summed E-state index contributed by atoms with van der Waals surface area (Å²) in [6, 6.07) is 0. The van der Waals surface area contributed by atoms with E-state index in [1.165, 1.54) is 12.8 Å². The van der Waals surface area contributed by atoms with Crippen LogP contribution < -0.4 is 5.32 Å². The minimum absolute atomic E-state index is 0.165. The Balaban J connectivity index is 1.70. The highest BCUT2D eigenvalue weighted by Crippen LogP contribution is 2.44. The zero-order valence-corrected chi connectivity index (χ0v) is 14.1. The van der Waals surface area contributed by atoms with Crippen LogP contribution in [-0.2, 0) is 4.79 Å². The van der Waals surface area contributed by atoms with Gasteiger partial charge in [-0.3, -0.25) is 10.1 Å². The number of piperidine rings is 1. The van der Waals surface area contributed by atoms with Crippen molar-refractivity contribution in [3.63, 3.8) is 0 Å². The van der Waals surface area contributed by atoms with Crippen molar-refractivity contribution in [3.8, 4) is 0 Å². The Kier molecular flexibility index (Phi) is 3.81. The van der Waals surface area contributed by atoms with E-state index >= 15 is 0 Å². The van der Waals surface area contributed by atoms with Gasteiger partial charge >= 0.3 is 0 Å². The molecule has 3 rings (SSSR count). The SMILES string of the molecule is CC(C)CC1NC2(CC2)C(=O)N1CC1(C)CCN(C)CC1. The number of nitrogens with zero attached hydrogens (tertiary/aromatic N) is 2. The molecule has 1 atom stereocenters. The lowest BCUT2D eigenvalue weighted by Crippen LogP contribution is -2.48. The van der Waals surface area contributed by atoms with Gasteiger partial charge < -0.3 is 9.80 Å². The van der Waals surface area contributed by atoms with Gasteiger partial charge in [0.15, 0.2) is 0 Å². The summed E-state index contributed by atoms with van der Waals surface area (Å²) in [7, 11) is 2.20. The van der Waals surface area contributed by atoms with E-state index in [1.807, 2.05) is 0 Å². The standard InChI is InChI=1S/C17H31N3O/c1-13(2)11-14-18-17(5-6-17)15(21)20(14)12-16(3)7-9-19(4)10-8-16/h13-14,18H,5-12H2,1-4H3. The van der Waals surface area contributed by atoms with Crippen LogP contribution in [0.25, 0.3) is 0 Å². The molecule has 4 nitrogen and oxygen atoms in total. The molecule has 21 heavy (non-hydrogen) atoms. The fourth-order valence-corrected chi connectivity index (χ4v) is 3.90. The van der Waals surface area contributed by atoms with Gasteiger partial charge in [-0.05, 0) is 63.6 Å². The van der Waals surface area contributed by atoms with E-state index in [4.69, 9.17) is 0 Å². The highest BCUT2D eigenvalue weighted by molar-refractivity contribution is 5.91. The summed E-state index contributed by atoms with van der Waals surface area (Å²) < 4.78 is 0. The molecule has 3 aliphatic rings. The van der Waals surface area contributed by atoms with Gasteiger partial charge in [-0.25, -0.2) is 0 Å². The van der Waals surface area contributed by atoms with Crippen molar-refractivity contribution in [2.45, 2.75) is 64.6 Å². The third-order valence-electron chi connectivity index (χ3n) is 5.68. The number of hydrogen-bond acceptors (Lipinski definition) is 3. The zero-order valence-electron chi connectivity index (χ0n) is 14.1. The fourth-order valence-electron chi connectivity index (χ4n) is 3.90. The predicted octanol–water partition coefficient (Wildman–Crippen LogP) is 2.05. The van der Waals surface area contributed by atoms with Gasteiger partial charge in [0.25, 0.3) is 0 Å². The molecule has 0 aromatic heterocycles. The maximum atomic E-state index is 12.8. The first kappa shape index (κ1) is 15.3. The van der Waals surface area contributed by atoms with E-state index in [2.05, 4.69) is 42.9 Å². The number of hydrogen-bond donors (Lipinski definition) is 1. The van der Waals surface area contributed by atoms with E-state index < -0.39 is 0 Å². The largest absolute Gasteiger partial charge is 0.325 e. The molecule has 1 N–H and O–H groups in total. The summed E-state index contributed by atoms with van der Waals surface area (Å²) in [6.45, 7) is 10.1. The summed E-state index contributed by atoms with van der Waals surface area (Å²) in [5, 5.41) is 3.65. The molecule has 1 spiro atoms. The van der Waals surface area contributed by atoms with Crippen LogP contribution in [0.5, 0.6) is 0 Å². The molecule has 4 heteroatoms. The molecule has 0 aromatic carbocycles. The van der Waals surface area contributed by atoms with Crippen LogP contribution >= 0.6 is 0 Å². The minimum atomic E-state index is -0.165. The Morgan fingerprint density at radius 1 is 1.24 bits per heavy atom. The van der Waals surface area contributed by atoms with Gasteiger partial charge in [0.05, 0.1) is 11.7 Å². The van der Waals surface area contributed by atoms with Crippen LogP contribution in [0.3, 0.4) is 0 Å². The molecule has 2 heterocycles. The number of amides is 1. The first-order valence-electron chi connectivity index (χ1n) is 8.61. The van der Waals surface area contributed by atoms with Crippen molar-refractivity contribution >= 4 is 5.91 Å². The summed E-state index contributed by atoms with van der Waals surface area (Å²) in [6.07, 6.45) is 5.82. The number of carbonyl (C=O) groups is 1. The molecular formula is C17H31N3O. The van der Waals surface area contributed by atoms with E-state index in [0.717, 1.165) is 38.9 Å². The van der Waals surface area contributed by atoms with Gasteiger partial charge in [0.1, 0.15) is 0 Å². The lowest BCUT2D eigenvalue weighted by Gasteiger charge is -2.41. The lowest BCUT2D eigenvalue weighted by molar-refractivity contribution is -0.132. The Labute approximate surface area is 129 Å². The molecule has 0 bridgehead atoms. The van der Waals surface area contributed by atoms with E-state index in [1.54, 1.807) is 0 Å². The van der Waals surface area contributed by atoms with Gasteiger partial charge in [0.2, 0.25) is 5.91 Å². The predicted molar refractivity (Wildman–Crippen MR) is 84.9 cm³/mol. The third kappa shape index (κ3) is 2.98. The Bertz CT molecular complexity index is 408. The second-order valence-corrected chi connectivity index (χ2v) is 8.42. The average Bonchev–Trinajstić information content (AvgIpc) is 3.14. The highest BCUT2D eigenvalue weighted by Gasteiger charge is 2.59. The van der Waals surface area contributed by atoms with Gasteiger partial charge in [-0.1, -0.05) is 20.8 Å². The summed E-state index contributed by atoms with van der Waals surface area (Å²) >= 11 is 0. The van der Waals surface area contributed by atoms with Crippen molar-refractivity contribution < 1.29 is 4.79 Å². The van der Waals surface area contributed by atoms with Crippen LogP contribution in [0.4, 0.5) is 0 Å². The third-order valence-corrected chi connectivity index (χ3v) is 5.68. The molecule has 120 valence electrons.